The van der Waals surface area contributed by atoms with E-state index in [4.69, 9.17) is 4.74 Å². The molecule has 1 aliphatic rings. The molecule has 1 atom stereocenters. The molecule has 1 saturated heterocycles. The van der Waals surface area contributed by atoms with Crippen LogP contribution in [0.25, 0.3) is 5.69 Å². The predicted molar refractivity (Wildman–Crippen MR) is 90.1 cm³/mol. The Morgan fingerprint density at radius 3 is 2.91 bits per heavy atom. The molecule has 2 heterocycles. The van der Waals surface area contributed by atoms with Crippen molar-refractivity contribution in [3.63, 3.8) is 0 Å². The van der Waals surface area contributed by atoms with Gasteiger partial charge in [-0.2, -0.15) is 5.10 Å². The van der Waals surface area contributed by atoms with E-state index in [-0.39, 0.29) is 12.4 Å². The number of halogens is 1. The third kappa shape index (κ3) is 3.43. The summed E-state index contributed by atoms with van der Waals surface area (Å²) in [6.07, 6.45) is 3.06. The Morgan fingerprint density at radius 1 is 1.36 bits per heavy atom. The molecule has 1 N–H and O–H groups in total. The standard InChI is InChI=1S/C16H22N4O.ClH/c1-19(13-7-9-17-11-13)12-14-8-10-18-20(14)15-5-3-4-6-16(15)21-2;/h3-6,8,10,13,17H,7,9,11-12H2,1-2H3;1H. The van der Waals surface area contributed by atoms with E-state index in [2.05, 4.69) is 28.4 Å². The fraction of sp³-hybridized carbons (Fsp3) is 0.438. The van der Waals surface area contributed by atoms with E-state index in [0.717, 1.165) is 31.1 Å². The first-order valence-corrected chi connectivity index (χ1v) is 7.37. The summed E-state index contributed by atoms with van der Waals surface area (Å²) in [6.45, 7) is 3.06. The van der Waals surface area contributed by atoms with Crippen molar-refractivity contribution in [2.45, 2.75) is 19.0 Å². The third-order valence-electron chi connectivity index (χ3n) is 4.10. The number of ether oxygens (including phenoxy) is 1. The van der Waals surface area contributed by atoms with Crippen LogP contribution in [0.3, 0.4) is 0 Å². The third-order valence-corrected chi connectivity index (χ3v) is 4.10. The minimum absolute atomic E-state index is 0. The Balaban J connectivity index is 0.00000176. The van der Waals surface area contributed by atoms with Crippen LogP contribution in [-0.2, 0) is 6.54 Å². The van der Waals surface area contributed by atoms with Crippen LogP contribution in [0.2, 0.25) is 0 Å². The maximum absolute atomic E-state index is 5.44. The topological polar surface area (TPSA) is 42.3 Å². The van der Waals surface area contributed by atoms with E-state index in [9.17, 15) is 0 Å². The maximum Gasteiger partial charge on any atom is 0.144 e. The van der Waals surface area contributed by atoms with Crippen molar-refractivity contribution in [1.82, 2.24) is 20.0 Å². The fourth-order valence-electron chi connectivity index (χ4n) is 2.87. The Kier molecular flexibility index (Phi) is 5.83. The Bertz CT molecular complexity index is 595. The lowest BCUT2D eigenvalue weighted by molar-refractivity contribution is 0.244. The zero-order valence-corrected chi connectivity index (χ0v) is 13.8. The van der Waals surface area contributed by atoms with Crippen LogP contribution in [0, 0.1) is 0 Å². The summed E-state index contributed by atoms with van der Waals surface area (Å²) >= 11 is 0. The molecule has 6 heteroatoms. The first-order chi connectivity index (χ1) is 10.3. The van der Waals surface area contributed by atoms with Crippen LogP contribution in [0.1, 0.15) is 12.1 Å². The highest BCUT2D eigenvalue weighted by Gasteiger charge is 2.20. The van der Waals surface area contributed by atoms with Gasteiger partial charge in [0.15, 0.2) is 0 Å². The molecule has 1 aliphatic heterocycles. The van der Waals surface area contributed by atoms with Crippen LogP contribution in [0.4, 0.5) is 0 Å². The van der Waals surface area contributed by atoms with Crippen molar-refractivity contribution in [1.29, 1.82) is 0 Å². The van der Waals surface area contributed by atoms with Gasteiger partial charge in [-0.15, -0.1) is 12.4 Å². The molecule has 0 spiro atoms. The second-order valence-electron chi connectivity index (χ2n) is 5.47. The number of rotatable bonds is 5. The molecule has 1 fully saturated rings. The average Bonchev–Trinajstić information content (AvgIpc) is 3.18. The number of nitrogens with one attached hydrogen (secondary N) is 1. The first kappa shape index (κ1) is 16.8. The summed E-state index contributed by atoms with van der Waals surface area (Å²) in [6, 6.07) is 10.7. The molecule has 1 aromatic heterocycles. The van der Waals surface area contributed by atoms with Crippen molar-refractivity contribution in [2.75, 3.05) is 27.2 Å². The molecule has 5 nitrogen and oxygen atoms in total. The average molecular weight is 323 g/mol. The largest absolute Gasteiger partial charge is 0.494 e. The second-order valence-corrected chi connectivity index (χ2v) is 5.47. The van der Waals surface area contributed by atoms with Gasteiger partial charge in [-0.1, -0.05) is 12.1 Å². The monoisotopic (exact) mass is 322 g/mol. The molecule has 1 aromatic carbocycles. The second kappa shape index (κ2) is 7.63. The van der Waals surface area contributed by atoms with Gasteiger partial charge in [0.1, 0.15) is 11.4 Å². The number of hydrogen-bond donors (Lipinski definition) is 1. The van der Waals surface area contributed by atoms with E-state index in [1.54, 1.807) is 7.11 Å². The quantitative estimate of drug-likeness (QED) is 0.915. The van der Waals surface area contributed by atoms with E-state index in [1.807, 2.05) is 35.1 Å². The molecule has 0 amide bonds. The summed E-state index contributed by atoms with van der Waals surface area (Å²) in [7, 11) is 3.87. The minimum Gasteiger partial charge on any atom is -0.494 e. The summed E-state index contributed by atoms with van der Waals surface area (Å²) in [4.78, 5) is 2.39. The van der Waals surface area contributed by atoms with Crippen molar-refractivity contribution < 1.29 is 4.74 Å². The van der Waals surface area contributed by atoms with Crippen LogP contribution in [-0.4, -0.2) is 48.0 Å². The SMILES string of the molecule is COc1ccccc1-n1nccc1CN(C)C1CCNC1.Cl. The number of methoxy groups -OCH3 is 1. The van der Waals surface area contributed by atoms with E-state index < -0.39 is 0 Å². The number of para-hydroxylation sites is 2. The summed E-state index contributed by atoms with van der Waals surface area (Å²) in [5, 5.41) is 7.88. The minimum atomic E-state index is 0. The molecule has 0 aliphatic carbocycles. The van der Waals surface area contributed by atoms with Gasteiger partial charge in [0.25, 0.3) is 0 Å². The number of hydrogen-bond acceptors (Lipinski definition) is 4. The van der Waals surface area contributed by atoms with Gasteiger partial charge >= 0.3 is 0 Å². The molecule has 22 heavy (non-hydrogen) atoms. The number of likely N-dealkylation sites (N-methyl/N-ethyl adjacent to an activating group) is 1. The lowest BCUT2D eigenvalue weighted by Crippen LogP contribution is -2.33. The van der Waals surface area contributed by atoms with Gasteiger partial charge in [-0.25, -0.2) is 4.68 Å². The molecular weight excluding hydrogens is 300 g/mol. The highest BCUT2D eigenvalue weighted by Crippen LogP contribution is 2.23. The van der Waals surface area contributed by atoms with E-state index in [0.29, 0.717) is 6.04 Å². The van der Waals surface area contributed by atoms with Crippen LogP contribution in [0.15, 0.2) is 36.5 Å². The normalized spacial score (nSPS) is 17.5. The Hall–Kier alpha value is -1.56. The molecule has 0 bridgehead atoms. The van der Waals surface area contributed by atoms with Gasteiger partial charge < -0.3 is 10.1 Å². The summed E-state index contributed by atoms with van der Waals surface area (Å²) < 4.78 is 7.41. The lowest BCUT2D eigenvalue weighted by atomic mass is 10.2. The van der Waals surface area contributed by atoms with Gasteiger partial charge in [0.2, 0.25) is 0 Å². The van der Waals surface area contributed by atoms with Crippen LogP contribution >= 0.6 is 12.4 Å². The van der Waals surface area contributed by atoms with E-state index in [1.165, 1.54) is 12.1 Å². The van der Waals surface area contributed by atoms with Gasteiger partial charge in [-0.3, -0.25) is 4.90 Å². The zero-order chi connectivity index (χ0) is 14.7. The molecule has 120 valence electrons. The predicted octanol–water partition coefficient (Wildman–Crippen LogP) is 2.10. The van der Waals surface area contributed by atoms with Gasteiger partial charge in [0.05, 0.1) is 12.8 Å². The first-order valence-electron chi connectivity index (χ1n) is 7.37. The Labute approximate surface area is 137 Å². The molecule has 0 saturated carbocycles. The molecule has 3 rings (SSSR count). The molecule has 2 aromatic rings. The zero-order valence-electron chi connectivity index (χ0n) is 13.0. The number of nitrogens with zero attached hydrogens (tertiary/aromatic N) is 3. The molecule has 0 radical (unpaired) electrons. The van der Waals surface area contributed by atoms with E-state index >= 15 is 0 Å². The summed E-state index contributed by atoms with van der Waals surface area (Å²) in [5.41, 5.74) is 2.16. The van der Waals surface area contributed by atoms with Crippen molar-refractivity contribution in [3.8, 4) is 11.4 Å². The van der Waals surface area contributed by atoms with Gasteiger partial charge in [-0.05, 0) is 38.2 Å². The molecule has 1 unspecified atom stereocenters. The number of aromatic nitrogens is 2. The number of benzene rings is 1. The van der Waals surface area contributed by atoms with Crippen LogP contribution in [0.5, 0.6) is 5.75 Å². The Morgan fingerprint density at radius 2 is 2.18 bits per heavy atom. The van der Waals surface area contributed by atoms with Crippen LogP contribution < -0.4 is 10.1 Å². The fourth-order valence-corrected chi connectivity index (χ4v) is 2.87. The van der Waals surface area contributed by atoms with Crippen molar-refractivity contribution >= 4 is 12.4 Å². The maximum atomic E-state index is 5.44. The lowest BCUT2D eigenvalue weighted by Gasteiger charge is -2.23. The van der Waals surface area contributed by atoms with Gasteiger partial charge in [0, 0.05) is 25.3 Å². The smallest absolute Gasteiger partial charge is 0.144 e. The highest BCUT2D eigenvalue weighted by atomic mass is 35.5. The van der Waals surface area contributed by atoms with Crippen molar-refractivity contribution in [3.05, 3.63) is 42.2 Å². The molecular formula is C16H23ClN4O. The highest BCUT2D eigenvalue weighted by molar-refractivity contribution is 5.85. The van der Waals surface area contributed by atoms with Crippen molar-refractivity contribution in [2.24, 2.45) is 0 Å². The summed E-state index contributed by atoms with van der Waals surface area (Å²) in [5.74, 6) is 0.840.